The van der Waals surface area contributed by atoms with E-state index in [1.165, 1.54) is 31.4 Å². The molecule has 2 aromatic carbocycles. The summed E-state index contributed by atoms with van der Waals surface area (Å²) in [4.78, 5) is 0. The fourth-order valence-electron chi connectivity index (χ4n) is 1.57. The maximum atomic E-state index is 13.5. The van der Waals surface area contributed by atoms with E-state index >= 15 is 0 Å². The van der Waals surface area contributed by atoms with E-state index in [9.17, 15) is 8.78 Å². The second kappa shape index (κ2) is 5.44. The van der Waals surface area contributed by atoms with Crippen molar-refractivity contribution in [2.75, 3.05) is 18.2 Å². The van der Waals surface area contributed by atoms with Gasteiger partial charge in [0.1, 0.15) is 5.82 Å². The molecular weight excluding hydrogens is 318 g/mol. The summed E-state index contributed by atoms with van der Waals surface area (Å²) in [5.74, 6) is -0.824. The van der Waals surface area contributed by atoms with Gasteiger partial charge in [0.05, 0.1) is 23.0 Å². The summed E-state index contributed by atoms with van der Waals surface area (Å²) in [6, 6.07) is 7.02. The molecule has 0 atom stereocenters. The van der Waals surface area contributed by atoms with Gasteiger partial charge >= 0.3 is 0 Å². The molecule has 2 aromatic rings. The summed E-state index contributed by atoms with van der Waals surface area (Å²) in [5, 5.41) is 2.85. The van der Waals surface area contributed by atoms with E-state index in [0.29, 0.717) is 17.1 Å². The van der Waals surface area contributed by atoms with Gasteiger partial charge in [-0.25, -0.2) is 8.78 Å². The van der Waals surface area contributed by atoms with Gasteiger partial charge in [-0.3, -0.25) is 0 Å². The van der Waals surface area contributed by atoms with Gasteiger partial charge in [0.15, 0.2) is 11.6 Å². The van der Waals surface area contributed by atoms with Gasteiger partial charge in [-0.2, -0.15) is 0 Å². The van der Waals surface area contributed by atoms with Crippen molar-refractivity contribution in [1.82, 2.24) is 0 Å². The van der Waals surface area contributed by atoms with Crippen LogP contribution in [0.25, 0.3) is 0 Å². The molecule has 0 saturated heterocycles. The van der Waals surface area contributed by atoms with Crippen LogP contribution >= 0.6 is 15.9 Å². The molecule has 0 bridgehead atoms. The van der Waals surface area contributed by atoms with E-state index < -0.39 is 11.6 Å². The third kappa shape index (κ3) is 2.96. The molecular formula is C13H11BrF2N2O. The minimum Gasteiger partial charge on any atom is -0.494 e. The first-order valence-electron chi connectivity index (χ1n) is 5.36. The molecule has 0 spiro atoms. The SMILES string of the molecule is COc1ccc(Nc2cc(F)c(Br)cc2N)cc1F. The number of hydrogen-bond donors (Lipinski definition) is 2. The second-order valence-corrected chi connectivity index (χ2v) is 4.68. The topological polar surface area (TPSA) is 47.3 Å². The lowest BCUT2D eigenvalue weighted by atomic mass is 10.2. The molecule has 0 aromatic heterocycles. The fourth-order valence-corrected chi connectivity index (χ4v) is 1.93. The summed E-state index contributed by atoms with van der Waals surface area (Å²) in [6.07, 6.45) is 0. The fraction of sp³-hybridized carbons (Fsp3) is 0.0769. The lowest BCUT2D eigenvalue weighted by Crippen LogP contribution is -1.98. The Labute approximate surface area is 117 Å². The van der Waals surface area contributed by atoms with E-state index in [1.54, 1.807) is 6.07 Å². The molecule has 2 rings (SSSR count). The van der Waals surface area contributed by atoms with Crippen molar-refractivity contribution in [3.05, 3.63) is 46.4 Å². The van der Waals surface area contributed by atoms with Crippen molar-refractivity contribution >= 4 is 33.0 Å². The predicted molar refractivity (Wildman–Crippen MR) is 74.7 cm³/mol. The van der Waals surface area contributed by atoms with E-state index in [1.807, 2.05) is 0 Å². The van der Waals surface area contributed by atoms with Gasteiger partial charge in [-0.15, -0.1) is 0 Å². The first kappa shape index (κ1) is 13.6. The highest BCUT2D eigenvalue weighted by atomic mass is 79.9. The van der Waals surface area contributed by atoms with Crippen molar-refractivity contribution in [3.8, 4) is 5.75 Å². The largest absolute Gasteiger partial charge is 0.494 e. The average molecular weight is 329 g/mol. The van der Waals surface area contributed by atoms with Crippen LogP contribution in [0.5, 0.6) is 5.75 Å². The van der Waals surface area contributed by atoms with Crippen LogP contribution in [0.1, 0.15) is 0 Å². The van der Waals surface area contributed by atoms with Crippen LogP contribution in [0.3, 0.4) is 0 Å². The van der Waals surface area contributed by atoms with Crippen LogP contribution in [0.2, 0.25) is 0 Å². The van der Waals surface area contributed by atoms with Gasteiger partial charge in [0.25, 0.3) is 0 Å². The zero-order chi connectivity index (χ0) is 14.0. The molecule has 100 valence electrons. The molecule has 0 heterocycles. The Bertz CT molecular complexity index is 620. The van der Waals surface area contributed by atoms with Gasteiger partial charge in [-0.1, -0.05) is 0 Å². The molecule has 0 radical (unpaired) electrons. The summed E-state index contributed by atoms with van der Waals surface area (Å²) >= 11 is 3.04. The van der Waals surface area contributed by atoms with Crippen LogP contribution in [0.4, 0.5) is 25.8 Å². The number of ether oxygens (including phenoxy) is 1. The third-order valence-electron chi connectivity index (χ3n) is 2.52. The Kier molecular flexibility index (Phi) is 3.90. The molecule has 0 aliphatic heterocycles. The third-order valence-corrected chi connectivity index (χ3v) is 3.13. The van der Waals surface area contributed by atoms with E-state index in [2.05, 4.69) is 21.2 Å². The Hall–Kier alpha value is -1.82. The highest BCUT2D eigenvalue weighted by Gasteiger charge is 2.08. The maximum Gasteiger partial charge on any atom is 0.167 e. The highest BCUT2D eigenvalue weighted by molar-refractivity contribution is 9.10. The molecule has 0 fully saturated rings. The molecule has 6 heteroatoms. The van der Waals surface area contributed by atoms with Gasteiger partial charge < -0.3 is 15.8 Å². The Morgan fingerprint density at radius 3 is 2.53 bits per heavy atom. The van der Waals surface area contributed by atoms with E-state index in [4.69, 9.17) is 10.5 Å². The van der Waals surface area contributed by atoms with Crippen molar-refractivity contribution in [2.45, 2.75) is 0 Å². The number of benzene rings is 2. The number of anilines is 3. The van der Waals surface area contributed by atoms with Crippen molar-refractivity contribution in [1.29, 1.82) is 0 Å². The standard InChI is InChI=1S/C13H11BrF2N2O/c1-19-13-3-2-7(4-10(13)16)18-12-6-9(15)8(14)5-11(12)17/h2-6,18H,17H2,1H3. The molecule has 3 nitrogen and oxygen atoms in total. The minimum absolute atomic E-state index is 0.139. The molecule has 0 unspecified atom stereocenters. The zero-order valence-corrected chi connectivity index (χ0v) is 11.6. The molecule has 3 N–H and O–H groups in total. The number of rotatable bonds is 3. The maximum absolute atomic E-state index is 13.5. The predicted octanol–water partition coefficient (Wildman–Crippen LogP) is 4.06. The summed E-state index contributed by atoms with van der Waals surface area (Å²) < 4.78 is 32.0. The van der Waals surface area contributed by atoms with Crippen molar-refractivity contribution in [2.24, 2.45) is 0 Å². The van der Waals surface area contributed by atoms with Crippen LogP contribution in [-0.2, 0) is 0 Å². The minimum atomic E-state index is -0.511. The van der Waals surface area contributed by atoms with Crippen LogP contribution in [0, 0.1) is 11.6 Å². The van der Waals surface area contributed by atoms with Crippen molar-refractivity contribution in [3.63, 3.8) is 0 Å². The summed E-state index contributed by atoms with van der Waals surface area (Å²) in [7, 11) is 1.38. The first-order chi connectivity index (χ1) is 9.01. The Morgan fingerprint density at radius 2 is 1.89 bits per heavy atom. The zero-order valence-electron chi connectivity index (χ0n) is 10.0. The Morgan fingerprint density at radius 1 is 1.16 bits per heavy atom. The monoisotopic (exact) mass is 328 g/mol. The molecule has 19 heavy (non-hydrogen) atoms. The lowest BCUT2D eigenvalue weighted by Gasteiger charge is -2.11. The molecule has 0 saturated carbocycles. The quantitative estimate of drug-likeness (QED) is 0.835. The highest BCUT2D eigenvalue weighted by Crippen LogP contribution is 2.30. The van der Waals surface area contributed by atoms with Gasteiger partial charge in [0.2, 0.25) is 0 Å². The summed E-state index contributed by atoms with van der Waals surface area (Å²) in [6.45, 7) is 0. The molecule has 0 amide bonds. The van der Waals surface area contributed by atoms with Gasteiger partial charge in [0, 0.05) is 17.8 Å². The average Bonchev–Trinajstić information content (AvgIpc) is 2.36. The van der Waals surface area contributed by atoms with Crippen molar-refractivity contribution < 1.29 is 13.5 Å². The summed E-state index contributed by atoms with van der Waals surface area (Å²) in [5.41, 5.74) is 6.92. The molecule has 0 aliphatic carbocycles. The number of halogens is 3. The number of nitrogen functional groups attached to an aromatic ring is 1. The Balaban J connectivity index is 2.31. The van der Waals surface area contributed by atoms with E-state index in [-0.39, 0.29) is 10.2 Å². The number of nitrogens with one attached hydrogen (secondary N) is 1. The number of nitrogens with two attached hydrogens (primary N) is 1. The van der Waals surface area contributed by atoms with E-state index in [0.717, 1.165) is 0 Å². The lowest BCUT2D eigenvalue weighted by molar-refractivity contribution is 0.386. The second-order valence-electron chi connectivity index (χ2n) is 3.83. The normalized spacial score (nSPS) is 10.3. The molecule has 0 aliphatic rings. The van der Waals surface area contributed by atoms with Crippen LogP contribution in [0.15, 0.2) is 34.8 Å². The smallest absolute Gasteiger partial charge is 0.167 e. The van der Waals surface area contributed by atoms with Crippen LogP contribution in [-0.4, -0.2) is 7.11 Å². The number of methoxy groups -OCH3 is 1. The van der Waals surface area contributed by atoms with Gasteiger partial charge in [-0.05, 0) is 34.1 Å². The number of hydrogen-bond acceptors (Lipinski definition) is 3. The first-order valence-corrected chi connectivity index (χ1v) is 6.15. The van der Waals surface area contributed by atoms with Crippen LogP contribution < -0.4 is 15.8 Å².